The van der Waals surface area contributed by atoms with Crippen LogP contribution in [0.1, 0.15) is 22.7 Å². The fraction of sp³-hybridized carbons (Fsp3) is 0.150. The van der Waals surface area contributed by atoms with Crippen LogP contribution >= 0.6 is 0 Å². The molecule has 1 aromatic heterocycles. The number of pyridine rings is 1. The lowest BCUT2D eigenvalue weighted by molar-refractivity contribution is 0.477. The maximum absolute atomic E-state index is 10.1. The number of phenolic OH excluding ortho intramolecular Hbond substituents is 1. The number of nitrogens with one attached hydrogen (secondary N) is 1. The van der Waals surface area contributed by atoms with E-state index in [4.69, 9.17) is 5.73 Å². The fourth-order valence-corrected chi connectivity index (χ4v) is 3.31. The Balaban J connectivity index is 1.74. The first-order chi connectivity index (χ1) is 11.7. The van der Waals surface area contributed by atoms with Gasteiger partial charge >= 0.3 is 0 Å². The minimum absolute atomic E-state index is 0.206. The van der Waals surface area contributed by atoms with Crippen LogP contribution in [-0.2, 0) is 13.0 Å². The zero-order valence-electron chi connectivity index (χ0n) is 13.2. The van der Waals surface area contributed by atoms with E-state index in [0.717, 1.165) is 18.5 Å². The first-order valence-corrected chi connectivity index (χ1v) is 8.07. The predicted molar refractivity (Wildman–Crippen MR) is 95.5 cm³/mol. The molecule has 4 heteroatoms. The van der Waals surface area contributed by atoms with Gasteiger partial charge in [0.25, 0.3) is 0 Å². The van der Waals surface area contributed by atoms with Crippen LogP contribution in [-0.4, -0.2) is 10.1 Å². The Morgan fingerprint density at radius 2 is 1.83 bits per heavy atom. The number of nitrogens with zero attached hydrogens (tertiary/aromatic N) is 1. The van der Waals surface area contributed by atoms with Crippen molar-refractivity contribution in [2.75, 3.05) is 5.73 Å². The van der Waals surface area contributed by atoms with Crippen molar-refractivity contribution in [2.24, 2.45) is 0 Å². The van der Waals surface area contributed by atoms with E-state index in [0.29, 0.717) is 17.1 Å². The van der Waals surface area contributed by atoms with Gasteiger partial charge in [-0.05, 0) is 35.7 Å². The molecule has 0 aliphatic carbocycles. The quantitative estimate of drug-likeness (QED) is 0.692. The zero-order valence-corrected chi connectivity index (χ0v) is 13.2. The molecule has 4 N–H and O–H groups in total. The summed E-state index contributed by atoms with van der Waals surface area (Å²) in [5, 5.41) is 13.6. The highest BCUT2D eigenvalue weighted by molar-refractivity contribution is 5.70. The summed E-state index contributed by atoms with van der Waals surface area (Å²) < 4.78 is 0. The Hall–Kier alpha value is -2.85. The molecule has 0 saturated carbocycles. The van der Waals surface area contributed by atoms with Crippen molar-refractivity contribution in [3.63, 3.8) is 0 Å². The lowest BCUT2D eigenvalue weighted by Gasteiger charge is -2.14. The number of hydrogen-bond donors (Lipinski definition) is 3. The Labute approximate surface area is 141 Å². The van der Waals surface area contributed by atoms with E-state index in [2.05, 4.69) is 34.6 Å². The lowest BCUT2D eigenvalue weighted by Crippen LogP contribution is -2.14. The summed E-state index contributed by atoms with van der Waals surface area (Å²) in [7, 11) is 0. The lowest BCUT2D eigenvalue weighted by atomic mass is 9.97. The summed E-state index contributed by atoms with van der Waals surface area (Å²) in [5.74, 6) is 0.753. The number of aromatic hydroxyl groups is 1. The highest BCUT2D eigenvalue weighted by atomic mass is 16.3. The third-order valence-electron chi connectivity index (χ3n) is 4.55. The first kappa shape index (κ1) is 14.7. The van der Waals surface area contributed by atoms with Gasteiger partial charge in [0.05, 0.1) is 5.69 Å². The summed E-state index contributed by atoms with van der Waals surface area (Å²) >= 11 is 0. The monoisotopic (exact) mass is 317 g/mol. The van der Waals surface area contributed by atoms with Gasteiger partial charge in [0.15, 0.2) is 0 Å². The molecule has 1 aliphatic heterocycles. The second-order valence-electron chi connectivity index (χ2n) is 6.10. The second kappa shape index (κ2) is 5.98. The highest BCUT2D eigenvalue weighted by Gasteiger charge is 2.26. The van der Waals surface area contributed by atoms with Gasteiger partial charge < -0.3 is 16.2 Å². The highest BCUT2D eigenvalue weighted by Crippen LogP contribution is 2.36. The molecule has 2 heterocycles. The summed E-state index contributed by atoms with van der Waals surface area (Å²) in [4.78, 5) is 4.50. The average Bonchev–Trinajstić information content (AvgIpc) is 3.00. The normalized spacial score (nSPS) is 16.1. The van der Waals surface area contributed by atoms with E-state index in [1.54, 1.807) is 12.1 Å². The maximum Gasteiger partial charge on any atom is 0.128 e. The zero-order chi connectivity index (χ0) is 16.5. The number of benzene rings is 2. The van der Waals surface area contributed by atoms with Crippen molar-refractivity contribution in [3.8, 4) is 17.0 Å². The molecule has 0 amide bonds. The van der Waals surface area contributed by atoms with E-state index in [-0.39, 0.29) is 11.8 Å². The van der Waals surface area contributed by atoms with Crippen LogP contribution in [0.4, 0.5) is 5.82 Å². The molecule has 4 rings (SSSR count). The number of fused-ring (bicyclic) bond motifs is 1. The van der Waals surface area contributed by atoms with Crippen LogP contribution in [0.2, 0.25) is 0 Å². The van der Waals surface area contributed by atoms with Gasteiger partial charge in [-0.2, -0.15) is 0 Å². The fourth-order valence-electron chi connectivity index (χ4n) is 3.31. The molecule has 0 bridgehead atoms. The molecular weight excluding hydrogens is 298 g/mol. The molecule has 0 unspecified atom stereocenters. The number of rotatable bonds is 3. The molecule has 4 nitrogen and oxygen atoms in total. The average molecular weight is 317 g/mol. The Bertz CT molecular complexity index is 877. The molecular formula is C20H19N3O. The van der Waals surface area contributed by atoms with Crippen molar-refractivity contribution in [3.05, 3.63) is 77.4 Å². The number of phenols is 1. The summed E-state index contributed by atoms with van der Waals surface area (Å²) in [6, 6.07) is 19.9. The molecule has 1 aliphatic rings. The SMILES string of the molecule is Nc1nc(-c2ccccc2O)cc2c1CN[C@@H]2Cc1ccccc1. The molecule has 0 saturated heterocycles. The van der Waals surface area contributed by atoms with Gasteiger partial charge in [-0.1, -0.05) is 42.5 Å². The summed E-state index contributed by atoms with van der Waals surface area (Å²) in [6.45, 7) is 0.729. The Morgan fingerprint density at radius 1 is 1.08 bits per heavy atom. The summed E-state index contributed by atoms with van der Waals surface area (Å²) in [6.07, 6.45) is 0.900. The first-order valence-electron chi connectivity index (χ1n) is 8.07. The van der Waals surface area contributed by atoms with Gasteiger partial charge in [0, 0.05) is 23.7 Å². The number of anilines is 1. The van der Waals surface area contributed by atoms with Crippen LogP contribution in [0.3, 0.4) is 0 Å². The van der Waals surface area contributed by atoms with E-state index < -0.39 is 0 Å². The van der Waals surface area contributed by atoms with Crippen LogP contribution in [0.5, 0.6) is 5.75 Å². The predicted octanol–water partition coefficient (Wildman–Crippen LogP) is 3.42. The van der Waals surface area contributed by atoms with Crippen molar-refractivity contribution in [1.29, 1.82) is 0 Å². The maximum atomic E-state index is 10.1. The molecule has 0 spiro atoms. The van der Waals surface area contributed by atoms with E-state index >= 15 is 0 Å². The van der Waals surface area contributed by atoms with Gasteiger partial charge in [0.2, 0.25) is 0 Å². The number of nitrogen functional groups attached to an aromatic ring is 1. The minimum Gasteiger partial charge on any atom is -0.507 e. The van der Waals surface area contributed by atoms with E-state index in [1.165, 1.54) is 11.1 Å². The molecule has 0 fully saturated rings. The summed E-state index contributed by atoms with van der Waals surface area (Å²) in [5.41, 5.74) is 11.1. The van der Waals surface area contributed by atoms with Crippen molar-refractivity contribution < 1.29 is 5.11 Å². The van der Waals surface area contributed by atoms with Gasteiger partial charge in [-0.3, -0.25) is 0 Å². The molecule has 3 aromatic rings. The third-order valence-corrected chi connectivity index (χ3v) is 4.55. The Kier molecular flexibility index (Phi) is 3.67. The molecule has 120 valence electrons. The van der Waals surface area contributed by atoms with Crippen molar-refractivity contribution in [1.82, 2.24) is 10.3 Å². The van der Waals surface area contributed by atoms with E-state index in [1.807, 2.05) is 24.3 Å². The number of para-hydroxylation sites is 1. The molecule has 0 radical (unpaired) electrons. The standard InChI is InChI=1S/C20H19N3O/c21-20-16-12-22-17(10-13-6-2-1-3-7-13)15(16)11-18(23-20)14-8-4-5-9-19(14)24/h1-9,11,17,22,24H,10,12H2,(H2,21,23)/t17-/m1/s1. The van der Waals surface area contributed by atoms with Crippen molar-refractivity contribution in [2.45, 2.75) is 19.0 Å². The van der Waals surface area contributed by atoms with Gasteiger partial charge in [-0.15, -0.1) is 0 Å². The van der Waals surface area contributed by atoms with Gasteiger partial charge in [-0.25, -0.2) is 4.98 Å². The Morgan fingerprint density at radius 3 is 2.62 bits per heavy atom. The van der Waals surface area contributed by atoms with Gasteiger partial charge in [0.1, 0.15) is 11.6 Å². The largest absolute Gasteiger partial charge is 0.507 e. The van der Waals surface area contributed by atoms with E-state index in [9.17, 15) is 5.11 Å². The number of nitrogens with two attached hydrogens (primary N) is 1. The molecule has 24 heavy (non-hydrogen) atoms. The van der Waals surface area contributed by atoms with Crippen molar-refractivity contribution >= 4 is 5.82 Å². The topological polar surface area (TPSA) is 71.2 Å². The molecule has 2 aromatic carbocycles. The van der Waals surface area contributed by atoms with Crippen LogP contribution < -0.4 is 11.1 Å². The van der Waals surface area contributed by atoms with Crippen LogP contribution in [0.15, 0.2) is 60.7 Å². The molecule has 1 atom stereocenters. The number of hydrogen-bond acceptors (Lipinski definition) is 4. The number of aromatic nitrogens is 1. The third kappa shape index (κ3) is 2.61. The smallest absolute Gasteiger partial charge is 0.128 e. The van der Waals surface area contributed by atoms with Crippen LogP contribution in [0, 0.1) is 0 Å². The minimum atomic E-state index is 0.206. The second-order valence-corrected chi connectivity index (χ2v) is 6.10. The van der Waals surface area contributed by atoms with Crippen LogP contribution in [0.25, 0.3) is 11.3 Å².